The first-order valence-corrected chi connectivity index (χ1v) is 6.89. The Hall–Kier alpha value is -2.30. The molecule has 0 atom stereocenters. The third-order valence-corrected chi connectivity index (χ3v) is 3.06. The zero-order valence-corrected chi connectivity index (χ0v) is 12.7. The second kappa shape index (κ2) is 7.47. The van der Waals surface area contributed by atoms with E-state index in [0.717, 1.165) is 5.56 Å². The van der Waals surface area contributed by atoms with Crippen molar-refractivity contribution in [1.82, 2.24) is 10.2 Å². The van der Waals surface area contributed by atoms with E-state index in [1.807, 2.05) is 49.4 Å². The molecule has 0 saturated carbocycles. The highest BCUT2D eigenvalue weighted by molar-refractivity contribution is 5.85. The van der Waals surface area contributed by atoms with Crippen LogP contribution in [0.15, 0.2) is 36.4 Å². The van der Waals surface area contributed by atoms with Crippen molar-refractivity contribution in [3.8, 4) is 0 Å². The van der Waals surface area contributed by atoms with Crippen LogP contribution in [0.25, 0.3) is 6.08 Å². The molecule has 0 saturated heterocycles. The predicted molar refractivity (Wildman–Crippen MR) is 83.0 cm³/mol. The molecular weight excluding hydrogens is 268 g/mol. The van der Waals surface area contributed by atoms with Crippen molar-refractivity contribution >= 4 is 18.1 Å². The average Bonchev–Trinajstić information content (AvgIpc) is 2.44. The molecule has 0 aromatic heterocycles. The van der Waals surface area contributed by atoms with Crippen molar-refractivity contribution < 1.29 is 14.7 Å². The standard InChI is InChI=1S/C16H22N2O3/c1-4-18(15(21)17-16(2,3)14(19)20)12-8-11-13-9-6-5-7-10-13/h5-11H,4,12H2,1-3H3,(H,17,21)(H,19,20)/b11-8+. The van der Waals surface area contributed by atoms with Crippen molar-refractivity contribution in [3.63, 3.8) is 0 Å². The van der Waals surface area contributed by atoms with Crippen LogP contribution in [-0.2, 0) is 4.79 Å². The van der Waals surface area contributed by atoms with E-state index in [1.54, 1.807) is 4.90 Å². The minimum absolute atomic E-state index is 0.386. The second-order valence-corrected chi connectivity index (χ2v) is 5.21. The summed E-state index contributed by atoms with van der Waals surface area (Å²) in [6.07, 6.45) is 3.81. The van der Waals surface area contributed by atoms with Gasteiger partial charge in [0.05, 0.1) is 0 Å². The Morgan fingerprint density at radius 2 is 1.90 bits per heavy atom. The van der Waals surface area contributed by atoms with Gasteiger partial charge in [0.25, 0.3) is 0 Å². The van der Waals surface area contributed by atoms with Crippen molar-refractivity contribution in [2.75, 3.05) is 13.1 Å². The number of nitrogens with zero attached hydrogens (tertiary/aromatic N) is 1. The van der Waals surface area contributed by atoms with Crippen LogP contribution in [0, 0.1) is 0 Å². The normalized spacial score (nSPS) is 11.4. The molecule has 0 aliphatic heterocycles. The first-order valence-electron chi connectivity index (χ1n) is 6.89. The summed E-state index contributed by atoms with van der Waals surface area (Å²) in [5, 5.41) is 11.5. The maximum atomic E-state index is 12.1. The van der Waals surface area contributed by atoms with Crippen molar-refractivity contribution in [3.05, 3.63) is 42.0 Å². The highest BCUT2D eigenvalue weighted by atomic mass is 16.4. The van der Waals surface area contributed by atoms with E-state index < -0.39 is 11.5 Å². The minimum Gasteiger partial charge on any atom is -0.480 e. The largest absolute Gasteiger partial charge is 0.480 e. The van der Waals surface area contributed by atoms with E-state index in [0.29, 0.717) is 13.1 Å². The number of amides is 2. The Kier molecular flexibility index (Phi) is 5.96. The smallest absolute Gasteiger partial charge is 0.328 e. The number of nitrogens with one attached hydrogen (secondary N) is 1. The summed E-state index contributed by atoms with van der Waals surface area (Å²) < 4.78 is 0. The minimum atomic E-state index is -1.28. The Labute approximate surface area is 125 Å². The van der Waals surface area contributed by atoms with Crippen LogP contribution in [0.5, 0.6) is 0 Å². The number of likely N-dealkylation sites (N-methyl/N-ethyl adjacent to an activating group) is 1. The molecule has 114 valence electrons. The van der Waals surface area contributed by atoms with E-state index in [9.17, 15) is 9.59 Å². The molecule has 0 aliphatic carbocycles. The number of hydrogen-bond donors (Lipinski definition) is 2. The number of carbonyl (C=O) groups excluding carboxylic acids is 1. The number of hydrogen-bond acceptors (Lipinski definition) is 2. The maximum Gasteiger partial charge on any atom is 0.328 e. The number of carbonyl (C=O) groups is 2. The van der Waals surface area contributed by atoms with Gasteiger partial charge in [-0.15, -0.1) is 0 Å². The van der Waals surface area contributed by atoms with Crippen LogP contribution in [0.2, 0.25) is 0 Å². The number of carboxylic acids is 1. The summed E-state index contributed by atoms with van der Waals surface area (Å²) in [6.45, 7) is 5.69. The van der Waals surface area contributed by atoms with Gasteiger partial charge in [-0.05, 0) is 26.3 Å². The molecule has 5 heteroatoms. The van der Waals surface area contributed by atoms with E-state index >= 15 is 0 Å². The summed E-state index contributed by atoms with van der Waals surface area (Å²) in [6, 6.07) is 9.39. The Bertz CT molecular complexity index is 510. The molecule has 2 amide bonds. The van der Waals surface area contributed by atoms with E-state index in [1.165, 1.54) is 13.8 Å². The summed E-state index contributed by atoms with van der Waals surface area (Å²) in [4.78, 5) is 24.6. The van der Waals surface area contributed by atoms with Gasteiger partial charge in [0.2, 0.25) is 0 Å². The topological polar surface area (TPSA) is 69.6 Å². The molecule has 0 unspecified atom stereocenters. The third-order valence-electron chi connectivity index (χ3n) is 3.06. The van der Waals surface area contributed by atoms with Crippen molar-refractivity contribution in [1.29, 1.82) is 0 Å². The number of urea groups is 1. The lowest BCUT2D eigenvalue weighted by Crippen LogP contribution is -2.54. The Morgan fingerprint density at radius 1 is 1.29 bits per heavy atom. The molecule has 5 nitrogen and oxygen atoms in total. The fourth-order valence-electron chi connectivity index (χ4n) is 1.64. The third kappa shape index (κ3) is 5.30. The van der Waals surface area contributed by atoms with Crippen molar-refractivity contribution in [2.24, 2.45) is 0 Å². The highest BCUT2D eigenvalue weighted by Gasteiger charge is 2.30. The number of rotatable bonds is 6. The molecule has 1 aromatic rings. The van der Waals surface area contributed by atoms with Gasteiger partial charge >= 0.3 is 12.0 Å². The summed E-state index contributed by atoms with van der Waals surface area (Å²) >= 11 is 0. The van der Waals surface area contributed by atoms with Gasteiger partial charge in [0.15, 0.2) is 0 Å². The molecule has 21 heavy (non-hydrogen) atoms. The van der Waals surface area contributed by atoms with Crippen LogP contribution in [0.4, 0.5) is 4.79 Å². The molecule has 0 bridgehead atoms. The van der Waals surface area contributed by atoms with Gasteiger partial charge in [0.1, 0.15) is 5.54 Å². The molecular formula is C16H22N2O3. The van der Waals surface area contributed by atoms with Gasteiger partial charge in [0, 0.05) is 13.1 Å². The van der Waals surface area contributed by atoms with Gasteiger partial charge in [-0.1, -0.05) is 42.5 Å². The molecule has 1 aromatic carbocycles. The lowest BCUT2D eigenvalue weighted by atomic mass is 10.1. The van der Waals surface area contributed by atoms with Crippen molar-refractivity contribution in [2.45, 2.75) is 26.3 Å². The fraction of sp³-hybridized carbons (Fsp3) is 0.375. The molecule has 0 aliphatic rings. The number of benzene rings is 1. The Morgan fingerprint density at radius 3 is 2.43 bits per heavy atom. The summed E-state index contributed by atoms with van der Waals surface area (Å²) in [5.74, 6) is -1.06. The van der Waals surface area contributed by atoms with Gasteiger partial charge in [-0.2, -0.15) is 0 Å². The van der Waals surface area contributed by atoms with Crippen LogP contribution >= 0.6 is 0 Å². The molecule has 2 N–H and O–H groups in total. The second-order valence-electron chi connectivity index (χ2n) is 5.21. The first kappa shape index (κ1) is 16.8. The number of aliphatic carboxylic acids is 1. The zero-order valence-electron chi connectivity index (χ0n) is 12.7. The van der Waals surface area contributed by atoms with Gasteiger partial charge < -0.3 is 15.3 Å². The quantitative estimate of drug-likeness (QED) is 0.846. The molecule has 0 spiro atoms. The fourth-order valence-corrected chi connectivity index (χ4v) is 1.64. The molecule has 1 rings (SSSR count). The lowest BCUT2D eigenvalue weighted by Gasteiger charge is -2.26. The van der Waals surface area contributed by atoms with Gasteiger partial charge in [-0.3, -0.25) is 0 Å². The first-order chi connectivity index (χ1) is 9.86. The highest BCUT2D eigenvalue weighted by Crippen LogP contribution is 2.05. The van der Waals surface area contributed by atoms with Crippen LogP contribution in [0.3, 0.4) is 0 Å². The molecule has 0 radical (unpaired) electrons. The summed E-state index contributed by atoms with van der Waals surface area (Å²) in [7, 11) is 0. The maximum absolute atomic E-state index is 12.1. The zero-order chi connectivity index (χ0) is 15.9. The van der Waals surface area contributed by atoms with Crippen LogP contribution in [0.1, 0.15) is 26.3 Å². The van der Waals surface area contributed by atoms with E-state index in [4.69, 9.17) is 5.11 Å². The lowest BCUT2D eigenvalue weighted by molar-refractivity contribution is -0.143. The monoisotopic (exact) mass is 290 g/mol. The number of carboxylic acid groups (broad SMARTS) is 1. The van der Waals surface area contributed by atoms with Gasteiger partial charge in [-0.25, -0.2) is 9.59 Å². The predicted octanol–water partition coefficient (Wildman–Crippen LogP) is 2.59. The average molecular weight is 290 g/mol. The summed E-state index contributed by atoms with van der Waals surface area (Å²) in [5.41, 5.74) is -0.229. The Balaban J connectivity index is 2.61. The van der Waals surface area contributed by atoms with Crippen LogP contribution < -0.4 is 5.32 Å². The molecule has 0 fully saturated rings. The molecule has 0 heterocycles. The van der Waals surface area contributed by atoms with E-state index in [2.05, 4.69) is 5.32 Å². The SMILES string of the molecule is CCN(C/C=C/c1ccccc1)C(=O)NC(C)(C)C(=O)O. The van der Waals surface area contributed by atoms with E-state index in [-0.39, 0.29) is 6.03 Å². The van der Waals surface area contributed by atoms with Crippen LogP contribution in [-0.4, -0.2) is 40.6 Å².